The second kappa shape index (κ2) is 3.15. The first kappa shape index (κ1) is 6.99. The molecule has 0 spiro atoms. The van der Waals surface area contributed by atoms with E-state index in [1.165, 1.54) is 0 Å². The van der Waals surface area contributed by atoms with E-state index in [9.17, 15) is 5.11 Å². The maximum atomic E-state index is 9.23. The Morgan fingerprint density at radius 3 is 2.89 bits per heavy atom. The van der Waals surface area contributed by atoms with Crippen LogP contribution in [0.15, 0.2) is 0 Å². The zero-order valence-electron chi connectivity index (χ0n) is 5.51. The maximum absolute atomic E-state index is 9.23. The van der Waals surface area contributed by atoms with Crippen molar-refractivity contribution in [2.75, 3.05) is 19.6 Å². The Labute approximate surface area is 55.2 Å². The molecule has 1 saturated heterocycles. The zero-order chi connectivity index (χ0) is 6.69. The predicted molar refractivity (Wildman–Crippen MR) is 36.0 cm³/mol. The van der Waals surface area contributed by atoms with Crippen molar-refractivity contribution in [3.63, 3.8) is 0 Å². The molecule has 0 aliphatic carbocycles. The van der Waals surface area contributed by atoms with Gasteiger partial charge in [-0.15, -0.1) is 0 Å². The Bertz CT molecular complexity index is 87.1. The van der Waals surface area contributed by atoms with Gasteiger partial charge >= 0.3 is 0 Å². The van der Waals surface area contributed by atoms with Crippen LogP contribution in [-0.2, 0) is 0 Å². The van der Waals surface area contributed by atoms with Gasteiger partial charge in [-0.05, 0) is 25.4 Å². The third kappa shape index (κ3) is 1.64. The van der Waals surface area contributed by atoms with Crippen LogP contribution in [-0.4, -0.2) is 30.8 Å². The van der Waals surface area contributed by atoms with Gasteiger partial charge in [-0.3, -0.25) is 0 Å². The summed E-state index contributed by atoms with van der Waals surface area (Å²) in [5.41, 5.74) is 5.41. The van der Waals surface area contributed by atoms with E-state index in [-0.39, 0.29) is 6.10 Å². The lowest BCUT2D eigenvalue weighted by molar-refractivity contribution is 0.0863. The van der Waals surface area contributed by atoms with E-state index in [1.807, 2.05) is 0 Å². The highest BCUT2D eigenvalue weighted by atomic mass is 16.3. The van der Waals surface area contributed by atoms with E-state index in [4.69, 9.17) is 5.73 Å². The van der Waals surface area contributed by atoms with Gasteiger partial charge in [0.15, 0.2) is 0 Å². The molecule has 0 amide bonds. The van der Waals surface area contributed by atoms with Crippen molar-refractivity contribution < 1.29 is 5.11 Å². The van der Waals surface area contributed by atoms with Crippen LogP contribution < -0.4 is 11.1 Å². The first-order valence-electron chi connectivity index (χ1n) is 3.43. The van der Waals surface area contributed by atoms with E-state index in [0.717, 1.165) is 13.0 Å². The molecule has 1 aliphatic rings. The highest BCUT2D eigenvalue weighted by Crippen LogP contribution is 2.09. The molecule has 0 bridgehead atoms. The first-order valence-corrected chi connectivity index (χ1v) is 3.43. The number of β-amino-alcohol motifs (C(OH)–C–C–N with tert-alkyl or cyclic N) is 1. The van der Waals surface area contributed by atoms with Crippen molar-refractivity contribution in [3.8, 4) is 0 Å². The smallest absolute Gasteiger partial charge is 0.0705 e. The lowest BCUT2D eigenvalue weighted by atomic mass is 9.96. The number of nitrogens with one attached hydrogen (secondary N) is 1. The van der Waals surface area contributed by atoms with Gasteiger partial charge in [0.2, 0.25) is 0 Å². The van der Waals surface area contributed by atoms with Gasteiger partial charge in [0, 0.05) is 6.54 Å². The second-order valence-electron chi connectivity index (χ2n) is 2.56. The number of aliphatic hydroxyl groups excluding tert-OH is 1. The normalized spacial score (nSPS) is 36.7. The third-order valence-corrected chi connectivity index (χ3v) is 1.89. The summed E-state index contributed by atoms with van der Waals surface area (Å²) in [5, 5.41) is 12.3. The Balaban J connectivity index is 2.30. The minimum absolute atomic E-state index is 0.219. The molecule has 9 heavy (non-hydrogen) atoms. The summed E-state index contributed by atoms with van der Waals surface area (Å²) < 4.78 is 0. The standard InChI is InChI=1S/C6H14N2O/c7-3-5-1-2-8-4-6(5)9/h5-6,8-9H,1-4,7H2/t5-,6-/m0/s1. The van der Waals surface area contributed by atoms with Gasteiger partial charge in [-0.1, -0.05) is 0 Å². The van der Waals surface area contributed by atoms with Gasteiger partial charge in [0.25, 0.3) is 0 Å². The van der Waals surface area contributed by atoms with Crippen LogP contribution in [0.2, 0.25) is 0 Å². The monoisotopic (exact) mass is 130 g/mol. The second-order valence-corrected chi connectivity index (χ2v) is 2.56. The molecule has 1 heterocycles. The summed E-state index contributed by atoms with van der Waals surface area (Å²) in [5.74, 6) is 0.325. The summed E-state index contributed by atoms with van der Waals surface area (Å²) in [4.78, 5) is 0. The van der Waals surface area contributed by atoms with Gasteiger partial charge in [-0.25, -0.2) is 0 Å². The summed E-state index contributed by atoms with van der Waals surface area (Å²) in [6.45, 7) is 2.32. The average molecular weight is 130 g/mol. The van der Waals surface area contributed by atoms with Crippen molar-refractivity contribution in [1.29, 1.82) is 0 Å². The van der Waals surface area contributed by atoms with Crippen LogP contribution in [0.3, 0.4) is 0 Å². The van der Waals surface area contributed by atoms with Crippen molar-refractivity contribution >= 4 is 0 Å². The van der Waals surface area contributed by atoms with Crippen LogP contribution in [0.1, 0.15) is 6.42 Å². The number of nitrogens with two attached hydrogens (primary N) is 1. The van der Waals surface area contributed by atoms with E-state index >= 15 is 0 Å². The first-order chi connectivity index (χ1) is 4.34. The van der Waals surface area contributed by atoms with Crippen molar-refractivity contribution in [1.82, 2.24) is 5.32 Å². The van der Waals surface area contributed by atoms with Crippen molar-refractivity contribution in [2.24, 2.45) is 11.7 Å². The highest BCUT2D eigenvalue weighted by Gasteiger charge is 2.20. The maximum Gasteiger partial charge on any atom is 0.0705 e. The lowest BCUT2D eigenvalue weighted by Crippen LogP contribution is -2.43. The molecular weight excluding hydrogens is 116 g/mol. The molecule has 54 valence electrons. The zero-order valence-corrected chi connectivity index (χ0v) is 5.51. The molecule has 0 saturated carbocycles. The van der Waals surface area contributed by atoms with Crippen molar-refractivity contribution in [3.05, 3.63) is 0 Å². The molecule has 0 aromatic rings. The number of rotatable bonds is 1. The third-order valence-electron chi connectivity index (χ3n) is 1.89. The average Bonchev–Trinajstić information content (AvgIpc) is 1.89. The van der Waals surface area contributed by atoms with Crippen LogP contribution in [0.25, 0.3) is 0 Å². The van der Waals surface area contributed by atoms with E-state index in [2.05, 4.69) is 5.32 Å². The molecule has 2 atom stereocenters. The molecule has 3 heteroatoms. The molecule has 0 unspecified atom stereocenters. The minimum Gasteiger partial charge on any atom is -0.391 e. The number of hydrogen-bond acceptors (Lipinski definition) is 3. The SMILES string of the molecule is NC[C@@H]1CCNC[C@@H]1O. The number of piperidine rings is 1. The fourth-order valence-electron chi connectivity index (χ4n) is 1.17. The molecular formula is C6H14N2O. The van der Waals surface area contributed by atoms with Crippen molar-refractivity contribution in [2.45, 2.75) is 12.5 Å². The van der Waals surface area contributed by atoms with Gasteiger partial charge < -0.3 is 16.2 Å². The molecule has 4 N–H and O–H groups in total. The molecule has 1 rings (SSSR count). The summed E-state index contributed by atoms with van der Waals surface area (Å²) in [6, 6.07) is 0. The topological polar surface area (TPSA) is 58.3 Å². The Morgan fingerprint density at radius 2 is 2.44 bits per heavy atom. The Kier molecular flexibility index (Phi) is 2.45. The van der Waals surface area contributed by atoms with Crippen LogP contribution in [0, 0.1) is 5.92 Å². The van der Waals surface area contributed by atoms with Crippen LogP contribution in [0.4, 0.5) is 0 Å². The van der Waals surface area contributed by atoms with Gasteiger partial charge in [0.05, 0.1) is 6.10 Å². The molecule has 0 aromatic carbocycles. The van der Waals surface area contributed by atoms with E-state index < -0.39 is 0 Å². The van der Waals surface area contributed by atoms with Crippen LogP contribution >= 0.6 is 0 Å². The fraction of sp³-hybridized carbons (Fsp3) is 1.00. The summed E-state index contributed by atoms with van der Waals surface area (Å²) in [7, 11) is 0. The van der Waals surface area contributed by atoms with Gasteiger partial charge in [-0.2, -0.15) is 0 Å². The molecule has 3 nitrogen and oxygen atoms in total. The fourth-order valence-corrected chi connectivity index (χ4v) is 1.17. The Morgan fingerprint density at radius 1 is 1.67 bits per heavy atom. The summed E-state index contributed by atoms with van der Waals surface area (Å²) >= 11 is 0. The number of aliphatic hydroxyl groups is 1. The summed E-state index contributed by atoms with van der Waals surface area (Å²) in [6.07, 6.45) is 0.793. The minimum atomic E-state index is -0.219. The molecule has 0 aromatic heterocycles. The molecule has 1 fully saturated rings. The molecule has 0 radical (unpaired) electrons. The highest BCUT2D eigenvalue weighted by molar-refractivity contribution is 4.77. The lowest BCUT2D eigenvalue weighted by Gasteiger charge is -2.26. The Hall–Kier alpha value is -0.120. The largest absolute Gasteiger partial charge is 0.391 e. The van der Waals surface area contributed by atoms with E-state index in [0.29, 0.717) is 19.0 Å². The number of hydrogen-bond donors (Lipinski definition) is 3. The van der Waals surface area contributed by atoms with Crippen LogP contribution in [0.5, 0.6) is 0 Å². The van der Waals surface area contributed by atoms with Gasteiger partial charge in [0.1, 0.15) is 0 Å². The van der Waals surface area contributed by atoms with E-state index in [1.54, 1.807) is 0 Å². The quantitative estimate of drug-likeness (QED) is 0.423. The predicted octanol–water partition coefficient (Wildman–Crippen LogP) is -1.08. The molecule has 1 aliphatic heterocycles.